The lowest BCUT2D eigenvalue weighted by Crippen LogP contribution is -2.28. The van der Waals surface area contributed by atoms with Crippen molar-refractivity contribution in [3.05, 3.63) is 93.5 Å². The maximum Gasteiger partial charge on any atom is 0.261 e. The third-order valence-corrected chi connectivity index (χ3v) is 5.81. The molecule has 3 aromatic carbocycles. The highest BCUT2D eigenvalue weighted by atomic mass is 35.5. The summed E-state index contributed by atoms with van der Waals surface area (Å²) in [5.41, 5.74) is 3.69. The molecule has 0 saturated heterocycles. The average molecular weight is 460 g/mol. The number of aromatic nitrogens is 2. The number of carbonyl (C=O) groups is 1. The molecular weight excluding hydrogens is 434 g/mol. The number of nitrogens with one attached hydrogen (secondary N) is 1. The Morgan fingerprint density at radius 2 is 1.58 bits per heavy atom. The van der Waals surface area contributed by atoms with Gasteiger partial charge in [-0.3, -0.25) is 14.2 Å². The lowest BCUT2D eigenvalue weighted by Gasteiger charge is -2.18. The smallest absolute Gasteiger partial charge is 0.261 e. The lowest BCUT2D eigenvalue weighted by molar-refractivity contribution is -0.123. The van der Waals surface area contributed by atoms with E-state index < -0.39 is 5.41 Å². The van der Waals surface area contributed by atoms with Crippen LogP contribution < -0.4 is 10.9 Å². The third kappa shape index (κ3) is 4.99. The molecule has 0 bridgehead atoms. The molecule has 33 heavy (non-hydrogen) atoms. The molecule has 5 nitrogen and oxygen atoms in total. The molecule has 4 aromatic rings. The summed E-state index contributed by atoms with van der Waals surface area (Å²) in [6.45, 7) is 7.78. The second-order valence-corrected chi connectivity index (χ2v) is 9.63. The van der Waals surface area contributed by atoms with Crippen molar-refractivity contribution in [3.8, 4) is 11.1 Å². The standard InChI is InChI=1S/C27H26ClN3O2/c1-17-29-24-14-13-22(30-26(33)27(2,3)4)15-23(24)25(32)31(17)16-18-5-7-19(8-6-18)20-9-11-21(28)12-10-20/h5-15H,16H2,1-4H3,(H,30,33). The van der Waals surface area contributed by atoms with Crippen molar-refractivity contribution < 1.29 is 4.79 Å². The minimum absolute atomic E-state index is 0.108. The Hall–Kier alpha value is -3.44. The number of carbonyl (C=O) groups excluding carboxylic acids is 1. The maximum absolute atomic E-state index is 13.3. The van der Waals surface area contributed by atoms with E-state index in [4.69, 9.17) is 11.6 Å². The topological polar surface area (TPSA) is 64.0 Å². The number of hydrogen-bond donors (Lipinski definition) is 1. The Balaban J connectivity index is 1.64. The van der Waals surface area contributed by atoms with Crippen LogP contribution in [-0.2, 0) is 11.3 Å². The van der Waals surface area contributed by atoms with E-state index in [1.165, 1.54) is 0 Å². The molecule has 1 amide bonds. The van der Waals surface area contributed by atoms with E-state index in [0.717, 1.165) is 16.7 Å². The van der Waals surface area contributed by atoms with Gasteiger partial charge in [-0.2, -0.15) is 0 Å². The number of anilines is 1. The van der Waals surface area contributed by atoms with Crippen LogP contribution in [0.5, 0.6) is 0 Å². The minimum atomic E-state index is -0.529. The summed E-state index contributed by atoms with van der Waals surface area (Å²) in [6, 6.07) is 21.0. The number of nitrogens with zero attached hydrogens (tertiary/aromatic N) is 2. The van der Waals surface area contributed by atoms with E-state index in [0.29, 0.717) is 34.0 Å². The van der Waals surface area contributed by atoms with Gasteiger partial charge in [-0.25, -0.2) is 4.98 Å². The molecule has 0 saturated carbocycles. The van der Waals surface area contributed by atoms with E-state index >= 15 is 0 Å². The first kappa shape index (κ1) is 22.7. The van der Waals surface area contributed by atoms with E-state index in [1.807, 2.05) is 76.2 Å². The first-order chi connectivity index (χ1) is 15.6. The summed E-state index contributed by atoms with van der Waals surface area (Å²) in [5.74, 6) is 0.531. The molecule has 0 spiro atoms. The molecule has 1 N–H and O–H groups in total. The average Bonchev–Trinajstić information content (AvgIpc) is 2.77. The summed E-state index contributed by atoms with van der Waals surface area (Å²) in [6.07, 6.45) is 0. The van der Waals surface area contributed by atoms with Crippen LogP contribution in [0.25, 0.3) is 22.0 Å². The van der Waals surface area contributed by atoms with Crippen LogP contribution in [0.2, 0.25) is 5.02 Å². The molecule has 0 unspecified atom stereocenters. The number of hydrogen-bond acceptors (Lipinski definition) is 3. The first-order valence-corrected chi connectivity index (χ1v) is 11.2. The van der Waals surface area contributed by atoms with E-state index in [1.54, 1.807) is 22.8 Å². The molecule has 0 aliphatic heterocycles. The second kappa shape index (κ2) is 8.83. The fourth-order valence-electron chi connectivity index (χ4n) is 3.54. The monoisotopic (exact) mass is 459 g/mol. The van der Waals surface area contributed by atoms with Crippen LogP contribution in [0.3, 0.4) is 0 Å². The van der Waals surface area contributed by atoms with Gasteiger partial charge in [-0.15, -0.1) is 0 Å². The van der Waals surface area contributed by atoms with Gasteiger partial charge >= 0.3 is 0 Å². The van der Waals surface area contributed by atoms with Crippen molar-refractivity contribution in [3.63, 3.8) is 0 Å². The van der Waals surface area contributed by atoms with Gasteiger partial charge in [0.25, 0.3) is 5.56 Å². The normalized spacial score (nSPS) is 11.5. The van der Waals surface area contributed by atoms with Crippen LogP contribution >= 0.6 is 11.6 Å². The zero-order valence-corrected chi connectivity index (χ0v) is 19.9. The number of fused-ring (bicyclic) bond motifs is 1. The largest absolute Gasteiger partial charge is 0.326 e. The van der Waals surface area contributed by atoms with Gasteiger partial charge in [0.1, 0.15) is 5.82 Å². The molecule has 6 heteroatoms. The van der Waals surface area contributed by atoms with Gasteiger partial charge in [0.2, 0.25) is 5.91 Å². The van der Waals surface area contributed by atoms with Crippen LogP contribution in [0, 0.1) is 12.3 Å². The van der Waals surface area contributed by atoms with Crippen LogP contribution in [0.4, 0.5) is 5.69 Å². The summed E-state index contributed by atoms with van der Waals surface area (Å²) >= 11 is 5.98. The highest BCUT2D eigenvalue weighted by molar-refractivity contribution is 6.30. The minimum Gasteiger partial charge on any atom is -0.326 e. The SMILES string of the molecule is Cc1nc2ccc(NC(=O)C(C)(C)C)cc2c(=O)n1Cc1ccc(-c2ccc(Cl)cc2)cc1. The first-order valence-electron chi connectivity index (χ1n) is 10.8. The molecule has 4 rings (SSSR count). The van der Waals surface area contributed by atoms with Crippen molar-refractivity contribution in [1.29, 1.82) is 0 Å². The second-order valence-electron chi connectivity index (χ2n) is 9.19. The van der Waals surface area contributed by atoms with Gasteiger partial charge in [0.05, 0.1) is 17.4 Å². The predicted molar refractivity (Wildman–Crippen MR) is 135 cm³/mol. The molecule has 0 atom stereocenters. The summed E-state index contributed by atoms with van der Waals surface area (Å²) in [5, 5.41) is 4.07. The molecule has 0 aliphatic rings. The van der Waals surface area contributed by atoms with Gasteiger partial charge in [-0.1, -0.05) is 68.8 Å². The zero-order chi connectivity index (χ0) is 23.8. The Labute approximate surface area is 198 Å². The van der Waals surface area contributed by atoms with Crippen molar-refractivity contribution in [2.24, 2.45) is 5.41 Å². The highest BCUT2D eigenvalue weighted by Crippen LogP contribution is 2.23. The number of aryl methyl sites for hydroxylation is 1. The van der Waals surface area contributed by atoms with Crippen molar-refractivity contribution in [2.75, 3.05) is 5.32 Å². The molecule has 1 heterocycles. The molecule has 0 fully saturated rings. The highest BCUT2D eigenvalue weighted by Gasteiger charge is 2.21. The van der Waals surface area contributed by atoms with Gasteiger partial charge in [0, 0.05) is 16.1 Å². The molecule has 168 valence electrons. The quantitative estimate of drug-likeness (QED) is 0.403. The van der Waals surface area contributed by atoms with Crippen molar-refractivity contribution >= 4 is 34.1 Å². The number of halogens is 1. The van der Waals surface area contributed by atoms with Crippen LogP contribution in [-0.4, -0.2) is 15.5 Å². The van der Waals surface area contributed by atoms with Gasteiger partial charge in [0.15, 0.2) is 0 Å². The molecule has 0 aliphatic carbocycles. The summed E-state index contributed by atoms with van der Waals surface area (Å²) in [4.78, 5) is 30.3. The van der Waals surface area contributed by atoms with Crippen LogP contribution in [0.15, 0.2) is 71.5 Å². The zero-order valence-electron chi connectivity index (χ0n) is 19.1. The van der Waals surface area contributed by atoms with Crippen LogP contribution in [0.1, 0.15) is 32.2 Å². The Morgan fingerprint density at radius 3 is 2.18 bits per heavy atom. The lowest BCUT2D eigenvalue weighted by atomic mass is 9.95. The summed E-state index contributed by atoms with van der Waals surface area (Å²) in [7, 11) is 0. The fraction of sp³-hybridized carbons (Fsp3) is 0.222. The van der Waals surface area contributed by atoms with Gasteiger partial charge < -0.3 is 5.32 Å². The number of benzene rings is 3. The van der Waals surface area contributed by atoms with E-state index in [9.17, 15) is 9.59 Å². The van der Waals surface area contributed by atoms with E-state index in [-0.39, 0.29) is 11.5 Å². The van der Waals surface area contributed by atoms with Crippen molar-refractivity contribution in [2.45, 2.75) is 34.2 Å². The Kier molecular flexibility index (Phi) is 6.09. The fourth-order valence-corrected chi connectivity index (χ4v) is 3.67. The predicted octanol–water partition coefficient (Wildman–Crippen LogP) is 6.06. The van der Waals surface area contributed by atoms with Crippen molar-refractivity contribution in [1.82, 2.24) is 9.55 Å². The Bertz CT molecular complexity index is 1380. The molecule has 0 radical (unpaired) electrons. The van der Waals surface area contributed by atoms with E-state index in [2.05, 4.69) is 10.3 Å². The number of amides is 1. The third-order valence-electron chi connectivity index (χ3n) is 5.56. The number of rotatable bonds is 4. The Morgan fingerprint density at radius 1 is 0.970 bits per heavy atom. The molecular formula is C27H26ClN3O2. The summed E-state index contributed by atoms with van der Waals surface area (Å²) < 4.78 is 1.66. The maximum atomic E-state index is 13.3. The molecule has 1 aromatic heterocycles. The van der Waals surface area contributed by atoms with Gasteiger partial charge in [-0.05, 0) is 53.9 Å².